The number of benzene rings is 1. The monoisotopic (exact) mass is 476 g/mol. The van der Waals surface area contributed by atoms with E-state index in [1.165, 1.54) is 36.1 Å². The molecule has 10 nitrogen and oxygen atoms in total. The molecule has 33 heavy (non-hydrogen) atoms. The molecule has 174 valence electrons. The molecule has 12 heteroatoms. The van der Waals surface area contributed by atoms with E-state index in [4.69, 9.17) is 22.4 Å². The van der Waals surface area contributed by atoms with Crippen molar-refractivity contribution in [2.24, 2.45) is 12.8 Å². The number of nitrogens with zero attached hydrogens (tertiary/aromatic N) is 4. The zero-order chi connectivity index (χ0) is 23.9. The number of halogens is 2. The van der Waals surface area contributed by atoms with Gasteiger partial charge in [-0.2, -0.15) is 0 Å². The third-order valence-corrected chi connectivity index (χ3v) is 6.09. The molecule has 1 fully saturated rings. The van der Waals surface area contributed by atoms with Crippen LogP contribution in [0.5, 0.6) is 0 Å². The van der Waals surface area contributed by atoms with Crippen LogP contribution in [0.15, 0.2) is 29.3 Å². The highest BCUT2D eigenvalue weighted by Gasteiger charge is 2.32. The molecule has 1 aromatic carbocycles. The molecule has 4 N–H and O–H groups in total. The van der Waals surface area contributed by atoms with Crippen molar-refractivity contribution in [1.29, 1.82) is 0 Å². The van der Waals surface area contributed by atoms with Gasteiger partial charge < -0.3 is 30.2 Å². The van der Waals surface area contributed by atoms with Gasteiger partial charge >= 0.3 is 6.09 Å². The van der Waals surface area contributed by atoms with E-state index in [1.54, 1.807) is 9.47 Å². The van der Waals surface area contributed by atoms with Crippen LogP contribution in [0.25, 0.3) is 11.0 Å². The first kappa shape index (κ1) is 22.6. The van der Waals surface area contributed by atoms with Gasteiger partial charge in [-0.25, -0.2) is 14.2 Å². The summed E-state index contributed by atoms with van der Waals surface area (Å²) in [6, 6.07) is 3.50. The van der Waals surface area contributed by atoms with Gasteiger partial charge in [-0.15, -0.1) is 0 Å². The van der Waals surface area contributed by atoms with Crippen LogP contribution < -0.4 is 21.5 Å². The van der Waals surface area contributed by atoms with Crippen molar-refractivity contribution in [2.75, 3.05) is 18.0 Å². The molecule has 3 aromatic rings. The Labute approximate surface area is 192 Å². The number of carbonyl (C=O) groups is 2. The van der Waals surface area contributed by atoms with Crippen molar-refractivity contribution in [1.82, 2.24) is 19.4 Å². The Morgan fingerprint density at radius 2 is 2.15 bits per heavy atom. The number of amides is 2. The highest BCUT2D eigenvalue weighted by Crippen LogP contribution is 2.33. The van der Waals surface area contributed by atoms with E-state index < -0.39 is 29.4 Å². The number of hydrogen-bond acceptors (Lipinski definition) is 5. The fourth-order valence-corrected chi connectivity index (χ4v) is 4.48. The van der Waals surface area contributed by atoms with Crippen LogP contribution >= 0.6 is 11.6 Å². The Kier molecular flexibility index (Phi) is 5.98. The van der Waals surface area contributed by atoms with Crippen molar-refractivity contribution in [2.45, 2.75) is 25.4 Å². The maximum atomic E-state index is 14.0. The summed E-state index contributed by atoms with van der Waals surface area (Å²) in [5.41, 5.74) is 6.00. The molecular formula is C21H22ClFN6O4. The van der Waals surface area contributed by atoms with Crippen molar-refractivity contribution in [3.63, 3.8) is 0 Å². The second-order valence-electron chi connectivity index (χ2n) is 7.98. The molecule has 1 aliphatic heterocycles. The van der Waals surface area contributed by atoms with Gasteiger partial charge in [-0.05, 0) is 36.6 Å². The zero-order valence-electron chi connectivity index (χ0n) is 17.7. The summed E-state index contributed by atoms with van der Waals surface area (Å²) in [6.07, 6.45) is 1.40. The average molecular weight is 477 g/mol. The average Bonchev–Trinajstić information content (AvgIpc) is 3.08. The molecule has 0 spiro atoms. The molecule has 0 saturated carbocycles. The fraction of sp³-hybridized carbons (Fsp3) is 0.333. The lowest BCUT2D eigenvalue weighted by Crippen LogP contribution is -2.48. The first-order valence-corrected chi connectivity index (χ1v) is 10.6. The van der Waals surface area contributed by atoms with Crippen molar-refractivity contribution in [3.8, 4) is 0 Å². The number of hydrogen-bond donors (Lipinski definition) is 3. The summed E-state index contributed by atoms with van der Waals surface area (Å²) in [5, 5.41) is 11.9. The van der Waals surface area contributed by atoms with Crippen LogP contribution in [0.2, 0.25) is 5.02 Å². The van der Waals surface area contributed by atoms with E-state index in [1.807, 2.05) is 0 Å². The largest absolute Gasteiger partial charge is 0.465 e. The molecule has 1 aliphatic rings. The molecule has 0 aliphatic carbocycles. The minimum absolute atomic E-state index is 0.0236. The third kappa shape index (κ3) is 4.23. The predicted octanol–water partition coefficient (Wildman–Crippen LogP) is 1.91. The van der Waals surface area contributed by atoms with E-state index >= 15 is 0 Å². The Bertz CT molecular complexity index is 1320. The maximum Gasteiger partial charge on any atom is 0.404 e. The number of nitrogens with two attached hydrogens (primary N) is 1. The Morgan fingerprint density at radius 1 is 1.39 bits per heavy atom. The Balaban J connectivity index is 1.96. The van der Waals surface area contributed by atoms with Gasteiger partial charge in [0.05, 0.1) is 12.9 Å². The normalized spacial score (nSPS) is 16.2. The van der Waals surface area contributed by atoms with Crippen molar-refractivity contribution >= 4 is 40.5 Å². The number of primary amides is 1. The molecule has 0 bridgehead atoms. The number of carboxylic acid groups (broad SMARTS) is 1. The van der Waals surface area contributed by atoms with Crippen LogP contribution in [-0.4, -0.2) is 50.4 Å². The first-order valence-electron chi connectivity index (χ1n) is 10.2. The molecular weight excluding hydrogens is 455 g/mol. The molecule has 4 rings (SSSR count). The molecule has 0 unspecified atom stereocenters. The summed E-state index contributed by atoms with van der Waals surface area (Å²) in [6.45, 7) is 0.718. The van der Waals surface area contributed by atoms with Gasteiger partial charge in [0.2, 0.25) is 0 Å². The summed E-state index contributed by atoms with van der Waals surface area (Å²) >= 11 is 6.30. The van der Waals surface area contributed by atoms with E-state index in [2.05, 4.69) is 10.3 Å². The molecule has 1 atom stereocenters. The van der Waals surface area contributed by atoms with Crippen LogP contribution in [-0.2, 0) is 13.6 Å². The second kappa shape index (κ2) is 8.74. The smallest absolute Gasteiger partial charge is 0.404 e. The lowest BCUT2D eigenvalue weighted by Gasteiger charge is -2.35. The van der Waals surface area contributed by atoms with E-state index in [0.29, 0.717) is 30.8 Å². The highest BCUT2D eigenvalue weighted by atomic mass is 35.5. The van der Waals surface area contributed by atoms with Crippen molar-refractivity contribution in [3.05, 3.63) is 56.8 Å². The molecule has 0 radical (unpaired) electrons. The molecule has 3 heterocycles. The number of fused-ring (bicyclic) bond motifs is 1. The van der Waals surface area contributed by atoms with Gasteiger partial charge in [0.1, 0.15) is 28.2 Å². The maximum absolute atomic E-state index is 14.0. The number of piperidine rings is 1. The number of nitrogens with one attached hydrogen (secondary N) is 1. The minimum Gasteiger partial charge on any atom is -0.465 e. The van der Waals surface area contributed by atoms with Gasteiger partial charge in [-0.1, -0.05) is 11.6 Å². The van der Waals surface area contributed by atoms with E-state index in [-0.39, 0.29) is 34.7 Å². The standard InChI is InChI=1S/C21H22ClFN6O4/c1-27-10-25-16-15(18(24)30)19(28-6-2-3-13(9-28)26-21(32)33)29(17(16)20(27)31)8-11-7-12(23)4-5-14(11)22/h4-5,7,10,13,26H,2-3,6,8-9H2,1H3,(H2,24,30)(H,32,33)/t13-/m1/s1. The van der Waals surface area contributed by atoms with Crippen LogP contribution in [0.1, 0.15) is 28.8 Å². The highest BCUT2D eigenvalue weighted by molar-refractivity contribution is 6.31. The number of carbonyl (C=O) groups excluding carboxylic acids is 1. The topological polar surface area (TPSA) is 135 Å². The number of anilines is 1. The molecule has 1 saturated heterocycles. The van der Waals surface area contributed by atoms with E-state index in [9.17, 15) is 18.8 Å². The van der Waals surface area contributed by atoms with Crippen LogP contribution in [0, 0.1) is 5.82 Å². The SMILES string of the molecule is Cn1cnc2c(C(N)=O)c(N3CCC[C@@H](NC(=O)O)C3)n(Cc3cc(F)ccc3Cl)c2c1=O. The Hall–Kier alpha value is -3.60. The van der Waals surface area contributed by atoms with E-state index in [0.717, 1.165) is 0 Å². The van der Waals surface area contributed by atoms with Crippen LogP contribution in [0.4, 0.5) is 15.0 Å². The summed E-state index contributed by atoms with van der Waals surface area (Å²) in [5.74, 6) is -0.962. The van der Waals surface area contributed by atoms with Gasteiger partial charge in [0.25, 0.3) is 11.5 Å². The van der Waals surface area contributed by atoms with Gasteiger partial charge in [-0.3, -0.25) is 9.59 Å². The zero-order valence-corrected chi connectivity index (χ0v) is 18.5. The minimum atomic E-state index is -1.15. The summed E-state index contributed by atoms with van der Waals surface area (Å²) in [4.78, 5) is 42.9. The molecule has 2 amide bonds. The second-order valence-corrected chi connectivity index (χ2v) is 8.38. The van der Waals surface area contributed by atoms with Gasteiger partial charge in [0.15, 0.2) is 0 Å². The lowest BCUT2D eigenvalue weighted by molar-refractivity contribution is 0.100. The fourth-order valence-electron chi connectivity index (χ4n) is 4.31. The van der Waals surface area contributed by atoms with Crippen molar-refractivity contribution < 1.29 is 19.1 Å². The molecule has 2 aromatic heterocycles. The van der Waals surface area contributed by atoms with Crippen LogP contribution in [0.3, 0.4) is 0 Å². The number of aryl methyl sites for hydroxylation is 1. The summed E-state index contributed by atoms with van der Waals surface area (Å²) < 4.78 is 16.8. The van der Waals surface area contributed by atoms with Gasteiger partial charge in [0, 0.05) is 31.2 Å². The number of rotatable bonds is 5. The lowest BCUT2D eigenvalue weighted by atomic mass is 10.1. The first-order chi connectivity index (χ1) is 15.7. The quantitative estimate of drug-likeness (QED) is 0.514. The predicted molar refractivity (Wildman–Crippen MR) is 120 cm³/mol. The summed E-state index contributed by atoms with van der Waals surface area (Å²) in [7, 11) is 1.53. The number of aromatic nitrogens is 3. The third-order valence-electron chi connectivity index (χ3n) is 5.72. The Morgan fingerprint density at radius 3 is 2.85 bits per heavy atom.